The van der Waals surface area contributed by atoms with Crippen LogP contribution in [0.15, 0.2) is 6.07 Å². The van der Waals surface area contributed by atoms with Crippen molar-refractivity contribution in [2.75, 3.05) is 23.4 Å². The number of nitrogen functional groups attached to an aromatic ring is 1. The molecular formula is C14H23N5. The van der Waals surface area contributed by atoms with Crippen LogP contribution in [0, 0.1) is 18.8 Å². The van der Waals surface area contributed by atoms with Gasteiger partial charge in [-0.05, 0) is 31.6 Å². The quantitative estimate of drug-likeness (QED) is 0.630. The summed E-state index contributed by atoms with van der Waals surface area (Å²) >= 11 is 0. The molecule has 2 fully saturated rings. The summed E-state index contributed by atoms with van der Waals surface area (Å²) < 4.78 is 0. The van der Waals surface area contributed by atoms with Crippen molar-refractivity contribution >= 4 is 11.8 Å². The highest BCUT2D eigenvalue weighted by Gasteiger charge is 2.31. The summed E-state index contributed by atoms with van der Waals surface area (Å²) in [6, 6.07) is 2.06. The molecule has 19 heavy (non-hydrogen) atoms. The van der Waals surface area contributed by atoms with E-state index in [4.69, 9.17) is 5.84 Å². The Bertz CT molecular complexity index is 447. The van der Waals surface area contributed by atoms with Crippen LogP contribution in [0.1, 0.15) is 37.8 Å². The largest absolute Gasteiger partial charge is 0.356 e. The smallest absolute Gasteiger partial charge is 0.239 e. The maximum atomic E-state index is 5.43. The van der Waals surface area contributed by atoms with E-state index < -0.39 is 0 Å². The van der Waals surface area contributed by atoms with Crippen molar-refractivity contribution in [1.29, 1.82) is 0 Å². The van der Waals surface area contributed by atoms with Crippen LogP contribution in [0.5, 0.6) is 0 Å². The van der Waals surface area contributed by atoms with Gasteiger partial charge in [-0.2, -0.15) is 4.98 Å². The topological polar surface area (TPSA) is 67.1 Å². The Balaban J connectivity index is 1.77. The first-order chi connectivity index (χ1) is 9.26. The Morgan fingerprint density at radius 1 is 1.21 bits per heavy atom. The predicted molar refractivity (Wildman–Crippen MR) is 76.9 cm³/mol. The van der Waals surface area contributed by atoms with Gasteiger partial charge in [0.25, 0.3) is 0 Å². The number of hydrazine groups is 1. The third-order valence-corrected chi connectivity index (χ3v) is 4.58. The number of piperidine rings is 1. The standard InChI is InChI=1S/C14H23N5/c1-10-8-13(17-14(16-10)18-15)19-7-6-11-4-2-3-5-12(11)9-19/h8,11-12H,2-7,9,15H2,1H3,(H,16,17,18). The number of nitrogens with zero attached hydrogens (tertiary/aromatic N) is 3. The number of rotatable bonds is 2. The molecule has 2 unspecified atom stereocenters. The van der Waals surface area contributed by atoms with E-state index in [1.165, 1.54) is 32.1 Å². The van der Waals surface area contributed by atoms with Gasteiger partial charge in [-0.15, -0.1) is 0 Å². The van der Waals surface area contributed by atoms with Crippen molar-refractivity contribution in [2.45, 2.75) is 39.0 Å². The van der Waals surface area contributed by atoms with Crippen molar-refractivity contribution in [3.05, 3.63) is 11.8 Å². The van der Waals surface area contributed by atoms with E-state index in [9.17, 15) is 0 Å². The van der Waals surface area contributed by atoms with Crippen LogP contribution in [-0.2, 0) is 0 Å². The second kappa shape index (κ2) is 5.33. The first-order valence-corrected chi connectivity index (χ1v) is 7.33. The fourth-order valence-electron chi connectivity index (χ4n) is 3.59. The summed E-state index contributed by atoms with van der Waals surface area (Å²) in [5.41, 5.74) is 3.52. The van der Waals surface area contributed by atoms with Gasteiger partial charge in [-0.25, -0.2) is 10.8 Å². The molecule has 2 atom stereocenters. The molecule has 5 heteroatoms. The third-order valence-electron chi connectivity index (χ3n) is 4.58. The second-order valence-corrected chi connectivity index (χ2v) is 5.87. The molecule has 3 rings (SSSR count). The highest BCUT2D eigenvalue weighted by atomic mass is 15.3. The van der Waals surface area contributed by atoms with E-state index >= 15 is 0 Å². The monoisotopic (exact) mass is 261 g/mol. The molecule has 5 nitrogen and oxygen atoms in total. The lowest BCUT2D eigenvalue weighted by Crippen LogP contribution is -2.42. The van der Waals surface area contributed by atoms with E-state index in [2.05, 4.69) is 26.4 Å². The molecule has 0 spiro atoms. The van der Waals surface area contributed by atoms with E-state index in [1.807, 2.05) is 6.92 Å². The molecule has 0 radical (unpaired) electrons. The maximum absolute atomic E-state index is 5.43. The maximum Gasteiger partial charge on any atom is 0.239 e. The molecule has 2 heterocycles. The number of hydrogen-bond donors (Lipinski definition) is 2. The lowest BCUT2D eigenvalue weighted by Gasteiger charge is -2.41. The SMILES string of the molecule is Cc1cc(N2CCC3CCCCC3C2)nc(NN)n1. The number of aromatic nitrogens is 2. The summed E-state index contributed by atoms with van der Waals surface area (Å²) in [6.45, 7) is 4.24. The van der Waals surface area contributed by atoms with Gasteiger partial charge in [0.05, 0.1) is 0 Å². The van der Waals surface area contributed by atoms with Crippen molar-refractivity contribution in [3.63, 3.8) is 0 Å². The fraction of sp³-hybridized carbons (Fsp3) is 0.714. The van der Waals surface area contributed by atoms with Crippen LogP contribution >= 0.6 is 0 Å². The van der Waals surface area contributed by atoms with E-state index in [0.717, 1.165) is 36.4 Å². The Morgan fingerprint density at radius 3 is 2.79 bits per heavy atom. The molecular weight excluding hydrogens is 238 g/mol. The molecule has 2 aliphatic rings. The van der Waals surface area contributed by atoms with Gasteiger partial charge in [0.2, 0.25) is 5.95 Å². The van der Waals surface area contributed by atoms with Crippen LogP contribution < -0.4 is 16.2 Å². The molecule has 1 aromatic rings. The summed E-state index contributed by atoms with van der Waals surface area (Å²) in [4.78, 5) is 11.2. The molecule has 1 saturated carbocycles. The van der Waals surface area contributed by atoms with Crippen LogP contribution in [0.2, 0.25) is 0 Å². The van der Waals surface area contributed by atoms with Crippen molar-refractivity contribution in [2.24, 2.45) is 17.7 Å². The summed E-state index contributed by atoms with van der Waals surface area (Å²) in [6.07, 6.45) is 6.94. The van der Waals surface area contributed by atoms with Gasteiger partial charge in [0.15, 0.2) is 0 Å². The Morgan fingerprint density at radius 2 is 2.00 bits per heavy atom. The molecule has 3 N–H and O–H groups in total. The van der Waals surface area contributed by atoms with Gasteiger partial charge in [0.1, 0.15) is 5.82 Å². The molecule has 1 saturated heterocycles. The average molecular weight is 261 g/mol. The molecule has 1 aliphatic carbocycles. The fourth-order valence-corrected chi connectivity index (χ4v) is 3.59. The lowest BCUT2D eigenvalue weighted by atomic mass is 9.75. The average Bonchev–Trinajstić information content (AvgIpc) is 2.46. The van der Waals surface area contributed by atoms with E-state index in [1.54, 1.807) is 0 Å². The molecule has 104 valence electrons. The van der Waals surface area contributed by atoms with Gasteiger partial charge in [-0.1, -0.05) is 19.3 Å². The van der Waals surface area contributed by atoms with E-state index in [-0.39, 0.29) is 0 Å². The molecule has 1 aliphatic heterocycles. The zero-order valence-electron chi connectivity index (χ0n) is 11.6. The van der Waals surface area contributed by atoms with Gasteiger partial charge >= 0.3 is 0 Å². The highest BCUT2D eigenvalue weighted by molar-refractivity contribution is 5.44. The number of fused-ring (bicyclic) bond motifs is 1. The Hall–Kier alpha value is -1.36. The zero-order valence-corrected chi connectivity index (χ0v) is 11.6. The summed E-state index contributed by atoms with van der Waals surface area (Å²) in [5, 5.41) is 0. The van der Waals surface area contributed by atoms with Gasteiger partial charge in [0, 0.05) is 24.8 Å². The first kappa shape index (κ1) is 12.7. The first-order valence-electron chi connectivity index (χ1n) is 7.33. The second-order valence-electron chi connectivity index (χ2n) is 5.87. The van der Waals surface area contributed by atoms with Gasteiger partial charge in [-0.3, -0.25) is 5.43 Å². The molecule has 0 aromatic carbocycles. The summed E-state index contributed by atoms with van der Waals surface area (Å²) in [7, 11) is 0. The highest BCUT2D eigenvalue weighted by Crippen LogP contribution is 2.37. The molecule has 0 bridgehead atoms. The van der Waals surface area contributed by atoms with Crippen molar-refractivity contribution in [1.82, 2.24) is 9.97 Å². The van der Waals surface area contributed by atoms with Gasteiger partial charge < -0.3 is 4.90 Å². The number of hydrogen-bond acceptors (Lipinski definition) is 5. The van der Waals surface area contributed by atoms with Crippen molar-refractivity contribution in [3.8, 4) is 0 Å². The van der Waals surface area contributed by atoms with E-state index in [0.29, 0.717) is 5.95 Å². The Labute approximate surface area is 114 Å². The molecule has 1 aromatic heterocycles. The van der Waals surface area contributed by atoms with Crippen LogP contribution in [0.3, 0.4) is 0 Å². The lowest BCUT2D eigenvalue weighted by molar-refractivity contribution is 0.202. The summed E-state index contributed by atoms with van der Waals surface area (Å²) in [5.74, 6) is 8.76. The number of nitrogens with one attached hydrogen (secondary N) is 1. The van der Waals surface area contributed by atoms with Crippen LogP contribution in [0.25, 0.3) is 0 Å². The molecule has 0 amide bonds. The number of nitrogens with two attached hydrogens (primary N) is 1. The van der Waals surface area contributed by atoms with Crippen LogP contribution in [-0.4, -0.2) is 23.1 Å². The third kappa shape index (κ3) is 2.66. The minimum Gasteiger partial charge on any atom is -0.356 e. The van der Waals surface area contributed by atoms with Crippen LogP contribution in [0.4, 0.5) is 11.8 Å². The van der Waals surface area contributed by atoms with Crippen molar-refractivity contribution < 1.29 is 0 Å². The minimum atomic E-state index is 0.515. The predicted octanol–water partition coefficient (Wildman–Crippen LogP) is 2.09. The Kier molecular flexibility index (Phi) is 3.55. The minimum absolute atomic E-state index is 0.515. The normalized spacial score (nSPS) is 26.9. The number of anilines is 2. The number of aryl methyl sites for hydroxylation is 1. The zero-order chi connectivity index (χ0) is 13.2.